The van der Waals surface area contributed by atoms with E-state index in [0.29, 0.717) is 13.0 Å². The number of fused-ring (bicyclic) bond motifs is 1. The first-order chi connectivity index (χ1) is 9.97. The van der Waals surface area contributed by atoms with E-state index >= 15 is 0 Å². The van der Waals surface area contributed by atoms with Crippen LogP contribution in [0.5, 0.6) is 0 Å². The molecular weight excluding hydrogens is 279 g/mol. The van der Waals surface area contributed by atoms with Gasteiger partial charge in [-0.1, -0.05) is 24.3 Å². The molecule has 3 rings (SSSR count). The second-order valence-electron chi connectivity index (χ2n) is 6.13. The Balaban J connectivity index is 1.76. The molecule has 0 radical (unpaired) electrons. The minimum atomic E-state index is -4.13. The molecule has 1 saturated heterocycles. The number of hydrogen-bond acceptors (Lipinski definition) is 2. The number of halogens is 3. The molecule has 1 aromatic rings. The second kappa shape index (κ2) is 5.61. The first kappa shape index (κ1) is 14.9. The van der Waals surface area contributed by atoms with Crippen molar-refractivity contribution in [2.24, 2.45) is 5.92 Å². The largest absolute Gasteiger partial charge is 0.393 e. The molecule has 0 bridgehead atoms. The lowest BCUT2D eigenvalue weighted by atomic mass is 9.83. The van der Waals surface area contributed by atoms with Crippen molar-refractivity contribution in [3.8, 4) is 0 Å². The molecule has 1 aromatic carbocycles. The number of aliphatic hydroxyl groups excluding tert-OH is 1. The summed E-state index contributed by atoms with van der Waals surface area (Å²) >= 11 is 0. The summed E-state index contributed by atoms with van der Waals surface area (Å²) in [4.78, 5) is 1.85. The van der Waals surface area contributed by atoms with E-state index in [1.54, 1.807) is 0 Å². The fourth-order valence-electron chi connectivity index (χ4n) is 3.68. The number of aryl methyl sites for hydroxylation is 1. The van der Waals surface area contributed by atoms with Crippen molar-refractivity contribution in [1.82, 2.24) is 4.90 Å². The zero-order valence-electron chi connectivity index (χ0n) is 11.8. The Bertz CT molecular complexity index is 503. The molecule has 3 atom stereocenters. The van der Waals surface area contributed by atoms with Gasteiger partial charge in [-0.05, 0) is 43.4 Å². The van der Waals surface area contributed by atoms with Crippen LogP contribution in [0.1, 0.15) is 36.5 Å². The number of piperidine rings is 1. The average molecular weight is 299 g/mol. The zero-order valence-corrected chi connectivity index (χ0v) is 11.8. The van der Waals surface area contributed by atoms with Crippen LogP contribution >= 0.6 is 0 Å². The van der Waals surface area contributed by atoms with Crippen LogP contribution in [0.15, 0.2) is 24.3 Å². The highest BCUT2D eigenvalue weighted by Crippen LogP contribution is 2.38. The van der Waals surface area contributed by atoms with E-state index in [-0.39, 0.29) is 19.0 Å². The van der Waals surface area contributed by atoms with Gasteiger partial charge in [0.25, 0.3) is 0 Å². The molecule has 5 heteroatoms. The number of rotatable bonds is 1. The maximum absolute atomic E-state index is 12.9. The summed E-state index contributed by atoms with van der Waals surface area (Å²) in [5.74, 6) is -1.25. The SMILES string of the molecule is OC1c2ccccc2CCC1N1CCCC(C(F)(F)F)C1. The Labute approximate surface area is 122 Å². The summed E-state index contributed by atoms with van der Waals surface area (Å²) < 4.78 is 38.8. The van der Waals surface area contributed by atoms with E-state index in [0.717, 1.165) is 24.0 Å². The fourth-order valence-corrected chi connectivity index (χ4v) is 3.68. The number of hydrogen-bond donors (Lipinski definition) is 1. The minimum absolute atomic E-state index is 0.0212. The molecule has 1 fully saturated rings. The van der Waals surface area contributed by atoms with Gasteiger partial charge in [0.15, 0.2) is 0 Å². The summed E-state index contributed by atoms with van der Waals surface area (Å²) in [7, 11) is 0. The van der Waals surface area contributed by atoms with Crippen molar-refractivity contribution >= 4 is 0 Å². The van der Waals surface area contributed by atoms with Crippen LogP contribution < -0.4 is 0 Å². The molecule has 3 unspecified atom stereocenters. The molecule has 2 aliphatic rings. The molecule has 1 N–H and O–H groups in total. The quantitative estimate of drug-likeness (QED) is 0.860. The van der Waals surface area contributed by atoms with Gasteiger partial charge in [0.1, 0.15) is 0 Å². The van der Waals surface area contributed by atoms with Gasteiger partial charge >= 0.3 is 6.18 Å². The predicted octanol–water partition coefficient (Wildman–Crippen LogP) is 3.31. The van der Waals surface area contributed by atoms with Crippen LogP contribution in [-0.2, 0) is 6.42 Å². The van der Waals surface area contributed by atoms with Gasteiger partial charge in [-0.25, -0.2) is 0 Å². The van der Waals surface area contributed by atoms with Gasteiger partial charge in [0, 0.05) is 12.6 Å². The van der Waals surface area contributed by atoms with E-state index in [9.17, 15) is 18.3 Å². The summed E-state index contributed by atoms with van der Waals surface area (Å²) in [6, 6.07) is 7.50. The Morgan fingerprint density at radius 3 is 2.67 bits per heavy atom. The minimum Gasteiger partial charge on any atom is -0.387 e. The smallest absolute Gasteiger partial charge is 0.387 e. The van der Waals surface area contributed by atoms with Gasteiger partial charge in [-0.2, -0.15) is 13.2 Å². The summed E-state index contributed by atoms with van der Waals surface area (Å²) in [5, 5.41) is 10.5. The number of nitrogens with zero attached hydrogens (tertiary/aromatic N) is 1. The Hall–Kier alpha value is -1.07. The highest BCUT2D eigenvalue weighted by Gasteiger charge is 2.44. The van der Waals surface area contributed by atoms with Gasteiger partial charge in [-0.15, -0.1) is 0 Å². The molecule has 0 aromatic heterocycles. The van der Waals surface area contributed by atoms with Crippen LogP contribution in [0.4, 0.5) is 13.2 Å². The van der Waals surface area contributed by atoms with Crippen molar-refractivity contribution in [2.75, 3.05) is 13.1 Å². The summed E-state index contributed by atoms with van der Waals surface area (Å²) in [6.45, 7) is 0.671. The number of benzene rings is 1. The third-order valence-electron chi connectivity index (χ3n) is 4.83. The van der Waals surface area contributed by atoms with Crippen LogP contribution in [0, 0.1) is 5.92 Å². The highest BCUT2D eigenvalue weighted by molar-refractivity contribution is 5.32. The molecule has 21 heavy (non-hydrogen) atoms. The lowest BCUT2D eigenvalue weighted by Crippen LogP contribution is -2.49. The van der Waals surface area contributed by atoms with E-state index in [4.69, 9.17) is 0 Å². The van der Waals surface area contributed by atoms with Gasteiger partial charge in [0.05, 0.1) is 12.0 Å². The van der Waals surface area contributed by atoms with Crippen molar-refractivity contribution in [3.63, 3.8) is 0 Å². The second-order valence-corrected chi connectivity index (χ2v) is 6.13. The Morgan fingerprint density at radius 2 is 1.90 bits per heavy atom. The molecule has 1 aliphatic heterocycles. The number of likely N-dealkylation sites (tertiary alicyclic amines) is 1. The third-order valence-corrected chi connectivity index (χ3v) is 4.83. The fraction of sp³-hybridized carbons (Fsp3) is 0.625. The molecule has 1 heterocycles. The molecule has 2 nitrogen and oxygen atoms in total. The Morgan fingerprint density at radius 1 is 1.14 bits per heavy atom. The normalized spacial score (nSPS) is 31.0. The first-order valence-electron chi connectivity index (χ1n) is 7.53. The van der Waals surface area contributed by atoms with Gasteiger partial charge < -0.3 is 5.11 Å². The van der Waals surface area contributed by atoms with E-state index in [2.05, 4.69) is 0 Å². The molecule has 0 spiro atoms. The molecule has 1 aliphatic carbocycles. The molecular formula is C16H20F3NO. The van der Waals surface area contributed by atoms with Crippen LogP contribution in [0.3, 0.4) is 0 Å². The monoisotopic (exact) mass is 299 g/mol. The average Bonchev–Trinajstić information content (AvgIpc) is 2.47. The van der Waals surface area contributed by atoms with Crippen LogP contribution in [-0.4, -0.2) is 35.3 Å². The first-order valence-corrected chi connectivity index (χ1v) is 7.53. The lowest BCUT2D eigenvalue weighted by Gasteiger charge is -2.43. The van der Waals surface area contributed by atoms with E-state index in [1.165, 1.54) is 0 Å². The third kappa shape index (κ3) is 2.94. The number of aliphatic hydroxyl groups is 1. The van der Waals surface area contributed by atoms with E-state index < -0.39 is 18.2 Å². The van der Waals surface area contributed by atoms with Crippen molar-refractivity contribution in [3.05, 3.63) is 35.4 Å². The lowest BCUT2D eigenvalue weighted by molar-refractivity contribution is -0.190. The van der Waals surface area contributed by atoms with Crippen LogP contribution in [0.25, 0.3) is 0 Å². The standard InChI is InChI=1S/C16H20F3NO/c17-16(18,19)12-5-3-9-20(10-12)14-8-7-11-4-1-2-6-13(11)15(14)21/h1-2,4,6,12,14-15,21H,3,5,7-10H2. The van der Waals surface area contributed by atoms with E-state index in [1.807, 2.05) is 29.2 Å². The topological polar surface area (TPSA) is 23.5 Å². The maximum Gasteiger partial charge on any atom is 0.393 e. The van der Waals surface area contributed by atoms with Gasteiger partial charge in [0.2, 0.25) is 0 Å². The number of alkyl halides is 3. The Kier molecular flexibility index (Phi) is 3.97. The van der Waals surface area contributed by atoms with Gasteiger partial charge in [-0.3, -0.25) is 4.90 Å². The predicted molar refractivity (Wildman–Crippen MR) is 73.9 cm³/mol. The van der Waals surface area contributed by atoms with Crippen molar-refractivity contribution < 1.29 is 18.3 Å². The molecule has 0 amide bonds. The summed E-state index contributed by atoms with van der Waals surface area (Å²) in [5.41, 5.74) is 1.99. The van der Waals surface area contributed by atoms with Crippen molar-refractivity contribution in [1.29, 1.82) is 0 Å². The maximum atomic E-state index is 12.9. The summed E-state index contributed by atoms with van der Waals surface area (Å²) in [6.07, 6.45) is -2.50. The highest BCUT2D eigenvalue weighted by atomic mass is 19.4. The van der Waals surface area contributed by atoms with Crippen LogP contribution in [0.2, 0.25) is 0 Å². The molecule has 0 saturated carbocycles. The van der Waals surface area contributed by atoms with Crippen molar-refractivity contribution in [2.45, 2.75) is 44.0 Å². The zero-order chi connectivity index (χ0) is 15.0. The molecule has 116 valence electrons.